The van der Waals surface area contributed by atoms with Gasteiger partial charge in [-0.3, -0.25) is 4.79 Å². The lowest BCUT2D eigenvalue weighted by Gasteiger charge is -2.39. The molecule has 0 aromatic carbocycles. The minimum Gasteiger partial charge on any atom is -0.351 e. The molecule has 0 radical (unpaired) electrons. The first-order valence-corrected chi connectivity index (χ1v) is 7.12. The Morgan fingerprint density at radius 3 is 2.29 bits per heavy atom. The number of hydrogen-bond acceptors (Lipinski definition) is 2. The van der Waals surface area contributed by atoms with Gasteiger partial charge in [-0.2, -0.15) is 0 Å². The molecular formula is C14H26N2O. The average molecular weight is 238 g/mol. The van der Waals surface area contributed by atoms with E-state index in [1.807, 2.05) is 0 Å². The highest BCUT2D eigenvalue weighted by molar-refractivity contribution is 5.77. The minimum absolute atomic E-state index is 0.117. The fourth-order valence-corrected chi connectivity index (χ4v) is 3.15. The Labute approximate surface area is 105 Å². The van der Waals surface area contributed by atoms with Crippen molar-refractivity contribution in [2.24, 2.45) is 17.6 Å². The van der Waals surface area contributed by atoms with Gasteiger partial charge in [0.05, 0.1) is 0 Å². The highest BCUT2D eigenvalue weighted by atomic mass is 16.1. The van der Waals surface area contributed by atoms with E-state index in [0.29, 0.717) is 11.8 Å². The molecule has 0 bridgehead atoms. The highest BCUT2D eigenvalue weighted by Crippen LogP contribution is 2.33. The summed E-state index contributed by atoms with van der Waals surface area (Å²) in [4.78, 5) is 11.9. The molecule has 98 valence electrons. The van der Waals surface area contributed by atoms with Gasteiger partial charge >= 0.3 is 0 Å². The summed E-state index contributed by atoms with van der Waals surface area (Å²) in [5.74, 6) is 1.57. The van der Waals surface area contributed by atoms with Crippen LogP contribution in [0.15, 0.2) is 0 Å². The fraction of sp³-hybridized carbons (Fsp3) is 0.929. The van der Waals surface area contributed by atoms with E-state index in [-0.39, 0.29) is 11.4 Å². The van der Waals surface area contributed by atoms with Crippen molar-refractivity contribution in [3.63, 3.8) is 0 Å². The third-order valence-electron chi connectivity index (χ3n) is 4.67. The molecule has 0 spiro atoms. The van der Waals surface area contributed by atoms with E-state index in [0.717, 1.165) is 25.8 Å². The maximum Gasteiger partial charge on any atom is 0.220 e. The van der Waals surface area contributed by atoms with Crippen molar-refractivity contribution in [1.29, 1.82) is 0 Å². The van der Waals surface area contributed by atoms with Crippen LogP contribution in [0.2, 0.25) is 0 Å². The quantitative estimate of drug-likeness (QED) is 0.789. The zero-order chi connectivity index (χ0) is 12.3. The van der Waals surface area contributed by atoms with E-state index in [1.165, 1.54) is 32.1 Å². The topological polar surface area (TPSA) is 55.1 Å². The summed E-state index contributed by atoms with van der Waals surface area (Å²) >= 11 is 0. The molecule has 0 saturated heterocycles. The SMILES string of the molecule is CC1(NC(=O)CC2CCC(CN)CC2)CCC1. The number of nitrogens with two attached hydrogens (primary N) is 1. The largest absolute Gasteiger partial charge is 0.351 e. The minimum atomic E-state index is 0.117. The second kappa shape index (κ2) is 5.38. The summed E-state index contributed by atoms with van der Waals surface area (Å²) in [6.07, 6.45) is 9.10. The lowest BCUT2D eigenvalue weighted by Crippen LogP contribution is -2.51. The molecular weight excluding hydrogens is 212 g/mol. The first-order chi connectivity index (χ1) is 8.11. The van der Waals surface area contributed by atoms with Gasteiger partial charge in [0, 0.05) is 12.0 Å². The first-order valence-electron chi connectivity index (χ1n) is 7.12. The Morgan fingerprint density at radius 2 is 1.82 bits per heavy atom. The maximum atomic E-state index is 11.9. The molecule has 3 heteroatoms. The van der Waals surface area contributed by atoms with Gasteiger partial charge in [0.25, 0.3) is 0 Å². The zero-order valence-electron chi connectivity index (χ0n) is 11.0. The summed E-state index contributed by atoms with van der Waals surface area (Å²) in [6.45, 7) is 2.98. The van der Waals surface area contributed by atoms with Crippen molar-refractivity contribution in [2.45, 2.75) is 63.8 Å². The van der Waals surface area contributed by atoms with Gasteiger partial charge in [0.15, 0.2) is 0 Å². The molecule has 1 amide bonds. The smallest absolute Gasteiger partial charge is 0.220 e. The van der Waals surface area contributed by atoms with Crippen molar-refractivity contribution in [1.82, 2.24) is 5.32 Å². The fourth-order valence-electron chi connectivity index (χ4n) is 3.15. The molecule has 2 rings (SSSR count). The van der Waals surface area contributed by atoms with E-state index in [2.05, 4.69) is 12.2 Å². The summed E-state index contributed by atoms with van der Waals surface area (Å²) in [7, 11) is 0. The van der Waals surface area contributed by atoms with Crippen molar-refractivity contribution < 1.29 is 4.79 Å². The average Bonchev–Trinajstić information content (AvgIpc) is 2.28. The number of hydrogen-bond donors (Lipinski definition) is 2. The molecule has 2 saturated carbocycles. The molecule has 0 unspecified atom stereocenters. The van der Waals surface area contributed by atoms with Crippen LogP contribution in [-0.2, 0) is 4.79 Å². The molecule has 2 aliphatic rings. The Kier molecular flexibility index (Phi) is 4.08. The van der Waals surface area contributed by atoms with Crippen molar-refractivity contribution in [2.75, 3.05) is 6.54 Å². The summed E-state index contributed by atoms with van der Waals surface area (Å²) < 4.78 is 0. The first kappa shape index (κ1) is 12.9. The van der Waals surface area contributed by atoms with Crippen LogP contribution < -0.4 is 11.1 Å². The molecule has 0 heterocycles. The van der Waals surface area contributed by atoms with E-state index in [9.17, 15) is 4.79 Å². The van der Waals surface area contributed by atoms with Crippen LogP contribution in [0.4, 0.5) is 0 Å². The number of nitrogens with one attached hydrogen (secondary N) is 1. The van der Waals surface area contributed by atoms with Crippen LogP contribution in [-0.4, -0.2) is 18.0 Å². The van der Waals surface area contributed by atoms with Crippen molar-refractivity contribution >= 4 is 5.91 Å². The van der Waals surface area contributed by atoms with Gasteiger partial charge in [-0.1, -0.05) is 0 Å². The van der Waals surface area contributed by atoms with Crippen LogP contribution in [0.25, 0.3) is 0 Å². The molecule has 0 atom stereocenters. The van der Waals surface area contributed by atoms with E-state index in [1.54, 1.807) is 0 Å². The van der Waals surface area contributed by atoms with Crippen LogP contribution in [0.5, 0.6) is 0 Å². The summed E-state index contributed by atoms with van der Waals surface area (Å²) in [5.41, 5.74) is 5.80. The third-order valence-corrected chi connectivity index (χ3v) is 4.67. The van der Waals surface area contributed by atoms with Crippen LogP contribution >= 0.6 is 0 Å². The van der Waals surface area contributed by atoms with Gasteiger partial charge in [0.1, 0.15) is 0 Å². The van der Waals surface area contributed by atoms with Gasteiger partial charge in [-0.25, -0.2) is 0 Å². The normalized spacial score (nSPS) is 31.6. The summed E-state index contributed by atoms with van der Waals surface area (Å²) in [6, 6.07) is 0. The molecule has 17 heavy (non-hydrogen) atoms. The molecule has 2 aliphatic carbocycles. The highest BCUT2D eigenvalue weighted by Gasteiger charge is 2.33. The monoisotopic (exact) mass is 238 g/mol. The van der Waals surface area contributed by atoms with E-state index < -0.39 is 0 Å². The third kappa shape index (κ3) is 3.44. The van der Waals surface area contributed by atoms with Crippen molar-refractivity contribution in [3.8, 4) is 0 Å². The number of rotatable bonds is 4. The molecule has 0 aromatic heterocycles. The molecule has 3 nitrogen and oxygen atoms in total. The lowest BCUT2D eigenvalue weighted by molar-refractivity contribution is -0.125. The molecule has 2 fully saturated rings. The number of carbonyl (C=O) groups excluding carboxylic acids is 1. The predicted octanol–water partition coefficient (Wildman–Crippen LogP) is 2.20. The standard InChI is InChI=1S/C14H26N2O/c1-14(7-2-8-14)16-13(17)9-11-3-5-12(10-15)6-4-11/h11-12H,2-10,15H2,1H3,(H,16,17). The Bertz CT molecular complexity index is 265. The molecule has 3 N–H and O–H groups in total. The van der Waals surface area contributed by atoms with E-state index in [4.69, 9.17) is 5.73 Å². The maximum absolute atomic E-state index is 11.9. The Hall–Kier alpha value is -0.570. The van der Waals surface area contributed by atoms with Gasteiger partial charge in [-0.05, 0) is 70.3 Å². The van der Waals surface area contributed by atoms with Gasteiger partial charge < -0.3 is 11.1 Å². The van der Waals surface area contributed by atoms with Crippen LogP contribution in [0, 0.1) is 11.8 Å². The second-order valence-electron chi connectivity index (χ2n) is 6.29. The Morgan fingerprint density at radius 1 is 1.24 bits per heavy atom. The second-order valence-corrected chi connectivity index (χ2v) is 6.29. The molecule has 0 aliphatic heterocycles. The van der Waals surface area contributed by atoms with Crippen LogP contribution in [0.3, 0.4) is 0 Å². The number of carbonyl (C=O) groups is 1. The predicted molar refractivity (Wildman–Crippen MR) is 69.5 cm³/mol. The lowest BCUT2D eigenvalue weighted by atomic mass is 9.77. The number of amides is 1. The van der Waals surface area contributed by atoms with Crippen LogP contribution in [0.1, 0.15) is 58.3 Å². The van der Waals surface area contributed by atoms with E-state index >= 15 is 0 Å². The van der Waals surface area contributed by atoms with Gasteiger partial charge in [-0.15, -0.1) is 0 Å². The zero-order valence-corrected chi connectivity index (χ0v) is 11.0. The van der Waals surface area contributed by atoms with Crippen molar-refractivity contribution in [3.05, 3.63) is 0 Å². The Balaban J connectivity index is 1.69. The molecule has 0 aromatic rings. The summed E-state index contributed by atoms with van der Waals surface area (Å²) in [5, 5.41) is 3.20. The van der Waals surface area contributed by atoms with Gasteiger partial charge in [0.2, 0.25) is 5.91 Å².